The Labute approximate surface area is 167 Å². The Morgan fingerprint density at radius 3 is 2.00 bits per heavy atom. The molecule has 11 nitrogen and oxygen atoms in total. The molecule has 0 bridgehead atoms. The lowest BCUT2D eigenvalue weighted by Gasteiger charge is -2.29. The number of ether oxygens (including phenoxy) is 1. The van der Waals surface area contributed by atoms with E-state index in [1.165, 1.54) is 46.4 Å². The number of benzene rings is 1. The molecule has 11 heteroatoms. The Morgan fingerprint density at radius 1 is 0.800 bits per heavy atom. The third-order valence-corrected chi connectivity index (χ3v) is 5.40. The van der Waals surface area contributed by atoms with Crippen LogP contribution in [0.1, 0.15) is 22.6 Å². The highest BCUT2D eigenvalue weighted by Gasteiger charge is 2.38. The van der Waals surface area contributed by atoms with Crippen LogP contribution in [0.4, 0.5) is 0 Å². The number of hydrogen-bond acceptors (Lipinski definition) is 7. The summed E-state index contributed by atoms with van der Waals surface area (Å²) < 4.78 is 9.42. The van der Waals surface area contributed by atoms with Crippen LogP contribution in [0.5, 0.6) is 23.3 Å². The van der Waals surface area contributed by atoms with E-state index in [0.717, 1.165) is 18.3 Å². The average molecular weight is 414 g/mol. The molecule has 0 radical (unpaired) electrons. The van der Waals surface area contributed by atoms with Gasteiger partial charge in [0.05, 0.1) is 17.0 Å². The Bertz CT molecular complexity index is 1440. The Hall–Kier alpha value is -4.02. The van der Waals surface area contributed by atoms with Crippen LogP contribution in [0.3, 0.4) is 0 Å². The molecule has 2 N–H and O–H groups in total. The first-order valence-electron chi connectivity index (χ1n) is 8.85. The van der Waals surface area contributed by atoms with Crippen molar-refractivity contribution in [2.45, 2.75) is 5.92 Å². The van der Waals surface area contributed by atoms with Crippen molar-refractivity contribution in [3.8, 4) is 23.3 Å². The minimum absolute atomic E-state index is 0.0520. The van der Waals surface area contributed by atoms with Gasteiger partial charge in [-0.2, -0.15) is 0 Å². The Kier molecular flexibility index (Phi) is 4.01. The van der Waals surface area contributed by atoms with Gasteiger partial charge in [0, 0.05) is 39.8 Å². The van der Waals surface area contributed by atoms with E-state index in [1.54, 1.807) is 0 Å². The zero-order valence-corrected chi connectivity index (χ0v) is 16.5. The second kappa shape index (κ2) is 6.24. The van der Waals surface area contributed by atoms with Crippen molar-refractivity contribution in [1.29, 1.82) is 0 Å². The quantitative estimate of drug-likeness (QED) is 0.415. The van der Waals surface area contributed by atoms with Gasteiger partial charge in [0.1, 0.15) is 11.5 Å². The van der Waals surface area contributed by atoms with Gasteiger partial charge in [-0.1, -0.05) is 6.07 Å². The monoisotopic (exact) mass is 414 g/mol. The molecule has 0 spiro atoms. The number of aromatic nitrogens is 4. The maximum atomic E-state index is 13.1. The van der Waals surface area contributed by atoms with Crippen molar-refractivity contribution in [3.63, 3.8) is 0 Å². The zero-order valence-electron chi connectivity index (χ0n) is 16.5. The fourth-order valence-corrected chi connectivity index (χ4v) is 3.74. The van der Waals surface area contributed by atoms with E-state index in [-0.39, 0.29) is 28.5 Å². The van der Waals surface area contributed by atoms with E-state index in [2.05, 4.69) is 0 Å². The third kappa shape index (κ3) is 2.38. The second-order valence-electron chi connectivity index (χ2n) is 7.12. The molecule has 2 aromatic heterocycles. The highest BCUT2D eigenvalue weighted by Crippen LogP contribution is 2.46. The molecular weight excluding hydrogens is 396 g/mol. The maximum Gasteiger partial charge on any atom is 0.333 e. The van der Waals surface area contributed by atoms with E-state index in [0.29, 0.717) is 5.56 Å². The van der Waals surface area contributed by atoms with Crippen LogP contribution in [0.2, 0.25) is 0 Å². The van der Waals surface area contributed by atoms with Gasteiger partial charge in [0.2, 0.25) is 11.8 Å². The SMILES string of the molecule is Cn1c(O)c(C2c3ccc(O)cc3Oc3c2c(=O)n(C)c(=O)n3C)c(=O)n(C)c1=O. The van der Waals surface area contributed by atoms with Gasteiger partial charge in [-0.25, -0.2) is 9.59 Å². The predicted octanol–water partition coefficient (Wildman–Crippen LogP) is -0.821. The van der Waals surface area contributed by atoms with E-state index in [4.69, 9.17) is 4.74 Å². The molecule has 0 saturated heterocycles. The number of phenolic OH excluding ortho intramolecular Hbond substituents is 1. The van der Waals surface area contributed by atoms with Gasteiger partial charge in [0.15, 0.2) is 0 Å². The van der Waals surface area contributed by atoms with Gasteiger partial charge in [0.25, 0.3) is 11.1 Å². The second-order valence-corrected chi connectivity index (χ2v) is 7.12. The minimum Gasteiger partial charge on any atom is -0.508 e. The third-order valence-electron chi connectivity index (χ3n) is 5.40. The van der Waals surface area contributed by atoms with E-state index < -0.39 is 34.3 Å². The molecule has 0 fully saturated rings. The summed E-state index contributed by atoms with van der Waals surface area (Å²) in [5, 5.41) is 20.6. The number of nitrogens with zero attached hydrogens (tertiary/aromatic N) is 4. The van der Waals surface area contributed by atoms with E-state index in [1.807, 2.05) is 0 Å². The van der Waals surface area contributed by atoms with E-state index >= 15 is 0 Å². The molecular formula is C19H18N4O7. The fraction of sp³-hybridized carbons (Fsp3) is 0.263. The predicted molar refractivity (Wildman–Crippen MR) is 105 cm³/mol. The van der Waals surface area contributed by atoms with Crippen molar-refractivity contribution in [1.82, 2.24) is 18.3 Å². The molecule has 4 rings (SSSR count). The van der Waals surface area contributed by atoms with Crippen LogP contribution in [0.15, 0.2) is 37.4 Å². The normalized spacial score (nSPS) is 14.7. The fourth-order valence-electron chi connectivity index (χ4n) is 3.74. The number of phenols is 1. The first-order valence-corrected chi connectivity index (χ1v) is 8.85. The minimum atomic E-state index is -1.15. The van der Waals surface area contributed by atoms with Gasteiger partial charge in [-0.15, -0.1) is 0 Å². The standard InChI is InChI=1S/C19H18N4O7/c1-20-14(25)12(15(26)21(2)18(20)28)11-9-6-5-8(24)7-10(9)30-17-13(11)16(27)22(3)19(29)23(17)4/h5-7,11,24-25H,1-4H3. The molecule has 1 aromatic carbocycles. The molecule has 1 aliphatic heterocycles. The highest BCUT2D eigenvalue weighted by atomic mass is 16.5. The summed E-state index contributed by atoms with van der Waals surface area (Å²) in [7, 11) is 5.22. The number of rotatable bonds is 1. The van der Waals surface area contributed by atoms with Gasteiger partial charge < -0.3 is 14.9 Å². The number of fused-ring (bicyclic) bond motifs is 2. The zero-order chi connectivity index (χ0) is 22.1. The average Bonchev–Trinajstić information content (AvgIpc) is 2.72. The molecule has 0 saturated carbocycles. The summed E-state index contributed by atoms with van der Waals surface area (Å²) in [6, 6.07) is 4.07. The summed E-state index contributed by atoms with van der Waals surface area (Å²) in [5.41, 5.74) is -2.89. The summed E-state index contributed by atoms with van der Waals surface area (Å²) in [6.45, 7) is 0. The van der Waals surface area contributed by atoms with Gasteiger partial charge in [-0.05, 0) is 6.07 Å². The lowest BCUT2D eigenvalue weighted by Crippen LogP contribution is -2.44. The topological polar surface area (TPSA) is 138 Å². The van der Waals surface area contributed by atoms with Crippen LogP contribution in [0.25, 0.3) is 0 Å². The van der Waals surface area contributed by atoms with Crippen LogP contribution < -0.4 is 27.2 Å². The van der Waals surface area contributed by atoms with Crippen molar-refractivity contribution < 1.29 is 14.9 Å². The van der Waals surface area contributed by atoms with Crippen LogP contribution in [-0.4, -0.2) is 28.5 Å². The Morgan fingerprint density at radius 2 is 1.37 bits per heavy atom. The molecule has 3 heterocycles. The lowest BCUT2D eigenvalue weighted by atomic mass is 9.84. The number of hydrogen-bond donors (Lipinski definition) is 2. The first-order chi connectivity index (χ1) is 14.1. The molecule has 1 aliphatic rings. The molecule has 30 heavy (non-hydrogen) atoms. The number of aromatic hydroxyl groups is 2. The molecule has 1 unspecified atom stereocenters. The summed E-state index contributed by atoms with van der Waals surface area (Å²) in [5.74, 6) is -1.92. The summed E-state index contributed by atoms with van der Waals surface area (Å²) >= 11 is 0. The van der Waals surface area contributed by atoms with Gasteiger partial charge >= 0.3 is 11.4 Å². The summed E-state index contributed by atoms with van der Waals surface area (Å²) in [6.07, 6.45) is 0. The van der Waals surface area contributed by atoms with Crippen LogP contribution >= 0.6 is 0 Å². The van der Waals surface area contributed by atoms with Crippen LogP contribution in [0, 0.1) is 0 Å². The molecule has 156 valence electrons. The smallest absolute Gasteiger partial charge is 0.333 e. The Balaban J connectivity index is 2.24. The van der Waals surface area contributed by atoms with Crippen molar-refractivity contribution >= 4 is 0 Å². The van der Waals surface area contributed by atoms with E-state index in [9.17, 15) is 29.4 Å². The molecule has 3 aromatic rings. The van der Waals surface area contributed by atoms with Crippen LogP contribution in [-0.2, 0) is 28.2 Å². The summed E-state index contributed by atoms with van der Waals surface area (Å²) in [4.78, 5) is 50.7. The van der Waals surface area contributed by atoms with Crippen molar-refractivity contribution in [2.75, 3.05) is 0 Å². The maximum absolute atomic E-state index is 13.1. The molecule has 0 aliphatic carbocycles. The largest absolute Gasteiger partial charge is 0.508 e. The molecule has 1 atom stereocenters. The van der Waals surface area contributed by atoms with Crippen molar-refractivity contribution in [2.24, 2.45) is 28.2 Å². The first kappa shape index (κ1) is 19.3. The highest BCUT2D eigenvalue weighted by molar-refractivity contribution is 5.58. The molecule has 0 amide bonds. The van der Waals surface area contributed by atoms with Gasteiger partial charge in [-0.3, -0.25) is 27.9 Å². The van der Waals surface area contributed by atoms with Crippen molar-refractivity contribution in [3.05, 3.63) is 76.6 Å². The lowest BCUT2D eigenvalue weighted by molar-refractivity contribution is 0.378.